The molecule has 0 spiro atoms. The summed E-state index contributed by atoms with van der Waals surface area (Å²) in [7, 11) is 0. The molecule has 1 heterocycles. The summed E-state index contributed by atoms with van der Waals surface area (Å²) in [5.41, 5.74) is 6.02. The highest BCUT2D eigenvalue weighted by Gasteiger charge is 2.38. The lowest BCUT2D eigenvalue weighted by molar-refractivity contribution is 0.679. The maximum Gasteiger partial charge on any atom is 0.110 e. The van der Waals surface area contributed by atoms with Crippen LogP contribution in [0.2, 0.25) is 0 Å². The summed E-state index contributed by atoms with van der Waals surface area (Å²) in [5.74, 6) is 0. The van der Waals surface area contributed by atoms with Crippen molar-refractivity contribution in [2.45, 2.75) is 24.8 Å². The largest absolute Gasteiger partial charge is 0.325 e. The van der Waals surface area contributed by atoms with E-state index in [0.717, 1.165) is 24.1 Å². The Hall–Kier alpha value is -0.850. The summed E-state index contributed by atoms with van der Waals surface area (Å²) >= 11 is 1.56. The molecule has 2 N–H and O–H groups in total. The Kier molecular flexibility index (Phi) is 1.67. The van der Waals surface area contributed by atoms with Crippen LogP contribution in [0.25, 0.3) is 0 Å². The van der Waals surface area contributed by atoms with Gasteiger partial charge in [-0.1, -0.05) is 0 Å². The molecule has 1 fully saturated rings. The van der Waals surface area contributed by atoms with Gasteiger partial charge in [0.05, 0.1) is 0 Å². The van der Waals surface area contributed by atoms with E-state index in [-0.39, 0.29) is 5.54 Å². The molecule has 2 rings (SSSR count). The third kappa shape index (κ3) is 1.50. The maximum atomic E-state index is 8.59. The van der Waals surface area contributed by atoms with Crippen molar-refractivity contribution in [1.82, 2.24) is 0 Å². The summed E-state index contributed by atoms with van der Waals surface area (Å²) < 4.78 is 0. The second kappa shape index (κ2) is 2.58. The van der Waals surface area contributed by atoms with Gasteiger partial charge in [0, 0.05) is 10.4 Å². The predicted octanol–water partition coefficient (Wildman–Crippen LogP) is 1.65. The topological polar surface area (TPSA) is 49.8 Å². The van der Waals surface area contributed by atoms with E-state index in [0.29, 0.717) is 0 Å². The summed E-state index contributed by atoms with van der Waals surface area (Å²) in [6, 6.07) is 6.01. The number of thiophene rings is 1. The van der Waals surface area contributed by atoms with E-state index in [2.05, 4.69) is 6.07 Å². The summed E-state index contributed by atoms with van der Waals surface area (Å²) in [6.45, 7) is 0. The fourth-order valence-corrected chi connectivity index (χ4v) is 2.18. The lowest BCUT2D eigenvalue weighted by atomic mass is 10.2. The van der Waals surface area contributed by atoms with Gasteiger partial charge in [-0.2, -0.15) is 5.26 Å². The van der Waals surface area contributed by atoms with Crippen molar-refractivity contribution in [2.24, 2.45) is 5.73 Å². The van der Waals surface area contributed by atoms with E-state index in [4.69, 9.17) is 11.0 Å². The molecule has 3 heteroatoms. The number of nitrogens with two attached hydrogens (primary N) is 1. The highest BCUT2D eigenvalue weighted by Crippen LogP contribution is 2.36. The molecule has 0 amide bonds. The molecule has 12 heavy (non-hydrogen) atoms. The third-order valence-electron chi connectivity index (χ3n) is 2.19. The molecular weight excluding hydrogens is 168 g/mol. The van der Waals surface area contributed by atoms with Crippen LogP contribution in [0.5, 0.6) is 0 Å². The molecule has 0 aliphatic heterocycles. The number of rotatable bonds is 2. The van der Waals surface area contributed by atoms with Gasteiger partial charge in [-0.25, -0.2) is 0 Å². The van der Waals surface area contributed by atoms with E-state index in [1.54, 1.807) is 11.3 Å². The first kappa shape index (κ1) is 7.78. The highest BCUT2D eigenvalue weighted by atomic mass is 32.1. The molecule has 1 aliphatic rings. The molecule has 0 atom stereocenters. The van der Waals surface area contributed by atoms with Crippen molar-refractivity contribution in [2.75, 3.05) is 0 Å². The first-order valence-electron chi connectivity index (χ1n) is 4.00. The van der Waals surface area contributed by atoms with Gasteiger partial charge in [0.15, 0.2) is 0 Å². The van der Waals surface area contributed by atoms with E-state index >= 15 is 0 Å². The van der Waals surface area contributed by atoms with Crippen molar-refractivity contribution >= 4 is 11.3 Å². The van der Waals surface area contributed by atoms with Crippen LogP contribution in [0.15, 0.2) is 12.1 Å². The van der Waals surface area contributed by atoms with Crippen LogP contribution in [-0.4, -0.2) is 5.54 Å². The maximum absolute atomic E-state index is 8.59. The molecule has 0 unspecified atom stereocenters. The Morgan fingerprint density at radius 3 is 2.83 bits per heavy atom. The molecule has 0 saturated heterocycles. The molecule has 2 nitrogen and oxygen atoms in total. The third-order valence-corrected chi connectivity index (χ3v) is 3.18. The summed E-state index contributed by atoms with van der Waals surface area (Å²) in [6.07, 6.45) is 3.21. The molecule has 1 aromatic heterocycles. The molecule has 0 radical (unpaired) electrons. The number of hydrogen-bond donors (Lipinski definition) is 1. The Bertz CT molecular complexity index is 331. The van der Waals surface area contributed by atoms with Crippen molar-refractivity contribution in [3.05, 3.63) is 21.9 Å². The minimum Gasteiger partial charge on any atom is -0.325 e. The van der Waals surface area contributed by atoms with Gasteiger partial charge in [0.2, 0.25) is 0 Å². The summed E-state index contributed by atoms with van der Waals surface area (Å²) in [4.78, 5) is 2.03. The van der Waals surface area contributed by atoms with Crippen LogP contribution >= 0.6 is 11.3 Å². The van der Waals surface area contributed by atoms with Gasteiger partial charge in [0.1, 0.15) is 10.9 Å². The van der Waals surface area contributed by atoms with E-state index < -0.39 is 0 Å². The van der Waals surface area contributed by atoms with Gasteiger partial charge in [-0.15, -0.1) is 11.3 Å². The highest BCUT2D eigenvalue weighted by molar-refractivity contribution is 7.12. The van der Waals surface area contributed by atoms with E-state index in [1.807, 2.05) is 12.1 Å². The van der Waals surface area contributed by atoms with Gasteiger partial charge >= 0.3 is 0 Å². The van der Waals surface area contributed by atoms with Crippen LogP contribution < -0.4 is 5.73 Å². The predicted molar refractivity (Wildman–Crippen MR) is 48.9 cm³/mol. The fraction of sp³-hybridized carbons (Fsp3) is 0.444. The van der Waals surface area contributed by atoms with Gasteiger partial charge in [0.25, 0.3) is 0 Å². The second-order valence-corrected chi connectivity index (χ2v) is 4.59. The average molecular weight is 178 g/mol. The smallest absolute Gasteiger partial charge is 0.110 e. The first-order chi connectivity index (χ1) is 5.72. The van der Waals surface area contributed by atoms with Crippen LogP contribution in [0.1, 0.15) is 22.6 Å². The molecular formula is C9H10N2S. The average Bonchev–Trinajstić information content (AvgIpc) is 2.63. The van der Waals surface area contributed by atoms with Crippen molar-refractivity contribution in [1.29, 1.82) is 5.26 Å². The zero-order valence-corrected chi connectivity index (χ0v) is 7.53. The van der Waals surface area contributed by atoms with Crippen LogP contribution in [-0.2, 0) is 6.42 Å². The summed E-state index contributed by atoms with van der Waals surface area (Å²) in [5, 5.41) is 8.59. The Balaban J connectivity index is 2.09. The number of hydrogen-bond acceptors (Lipinski definition) is 3. The SMILES string of the molecule is N#Cc1ccc(CC2(N)CC2)s1. The Labute approximate surface area is 75.6 Å². The van der Waals surface area contributed by atoms with Crippen LogP contribution in [0.3, 0.4) is 0 Å². The van der Waals surface area contributed by atoms with E-state index in [9.17, 15) is 0 Å². The standard InChI is InChI=1S/C9H10N2S/c10-6-8-2-1-7(12-8)5-9(11)3-4-9/h1-2H,3-5,11H2. The first-order valence-corrected chi connectivity index (χ1v) is 4.81. The lowest BCUT2D eigenvalue weighted by Gasteiger charge is -2.04. The van der Waals surface area contributed by atoms with Crippen molar-refractivity contribution < 1.29 is 0 Å². The zero-order valence-electron chi connectivity index (χ0n) is 6.71. The van der Waals surface area contributed by atoms with Gasteiger partial charge in [-0.3, -0.25) is 0 Å². The molecule has 0 aromatic carbocycles. The Morgan fingerprint density at radius 2 is 2.33 bits per heavy atom. The molecule has 1 aromatic rings. The van der Waals surface area contributed by atoms with Crippen molar-refractivity contribution in [3.8, 4) is 6.07 Å². The lowest BCUT2D eigenvalue weighted by Crippen LogP contribution is -2.23. The Morgan fingerprint density at radius 1 is 1.58 bits per heavy atom. The van der Waals surface area contributed by atoms with Crippen molar-refractivity contribution in [3.63, 3.8) is 0 Å². The molecule has 62 valence electrons. The molecule has 1 saturated carbocycles. The van der Waals surface area contributed by atoms with Crippen LogP contribution in [0.4, 0.5) is 0 Å². The zero-order chi connectivity index (χ0) is 8.60. The molecule has 1 aliphatic carbocycles. The fourth-order valence-electron chi connectivity index (χ4n) is 1.22. The second-order valence-electron chi connectivity index (χ2n) is 3.42. The number of nitriles is 1. The monoisotopic (exact) mass is 178 g/mol. The minimum atomic E-state index is 0.0670. The van der Waals surface area contributed by atoms with Gasteiger partial charge in [-0.05, 0) is 31.4 Å². The van der Waals surface area contributed by atoms with E-state index in [1.165, 1.54) is 4.88 Å². The van der Waals surface area contributed by atoms with Gasteiger partial charge < -0.3 is 5.73 Å². The molecule has 0 bridgehead atoms. The normalized spacial score (nSPS) is 18.7. The quantitative estimate of drug-likeness (QED) is 0.748. The number of nitrogens with zero attached hydrogens (tertiary/aromatic N) is 1. The minimum absolute atomic E-state index is 0.0670. The van der Waals surface area contributed by atoms with Crippen LogP contribution in [0, 0.1) is 11.3 Å².